The van der Waals surface area contributed by atoms with E-state index in [9.17, 15) is 9.59 Å². The van der Waals surface area contributed by atoms with Gasteiger partial charge in [0.15, 0.2) is 0 Å². The summed E-state index contributed by atoms with van der Waals surface area (Å²) >= 11 is 0. The molecule has 0 fully saturated rings. The minimum absolute atomic E-state index is 0.0636. The third-order valence-corrected chi connectivity index (χ3v) is 1.32. The summed E-state index contributed by atoms with van der Waals surface area (Å²) in [7, 11) is 0. The Morgan fingerprint density at radius 3 is 2.67 bits per heavy atom. The van der Waals surface area contributed by atoms with Crippen LogP contribution in [0.25, 0.3) is 0 Å². The highest BCUT2D eigenvalue weighted by Crippen LogP contribution is 2.03. The predicted octanol–water partition coefficient (Wildman–Crippen LogP) is 0.284. The van der Waals surface area contributed by atoms with Crippen LogP contribution >= 0.6 is 0 Å². The zero-order valence-corrected chi connectivity index (χ0v) is 6.07. The average Bonchev–Trinajstić information content (AvgIpc) is 2.04. The molecule has 0 aliphatic heterocycles. The zero-order valence-electron chi connectivity index (χ0n) is 6.07. The highest BCUT2D eigenvalue weighted by molar-refractivity contribution is 5.96. The van der Waals surface area contributed by atoms with Crippen molar-refractivity contribution in [1.82, 2.24) is 0 Å². The lowest BCUT2D eigenvalue weighted by molar-refractivity contribution is 0.0696. The Morgan fingerprint density at radius 2 is 2.17 bits per heavy atom. The van der Waals surface area contributed by atoms with E-state index >= 15 is 0 Å². The second-order valence-corrected chi connectivity index (χ2v) is 2.16. The number of carbonyl (C=O) groups excluding carboxylic acids is 1. The Kier molecular flexibility index (Phi) is 2.09. The summed E-state index contributed by atoms with van der Waals surface area (Å²) in [6, 6.07) is 6.40. The number of hydrogen-bond acceptors (Lipinski definition) is 2. The molecule has 0 aliphatic rings. The number of carboxylic acids is 1. The maximum Gasteiger partial charge on any atom is 0.336 e. The van der Waals surface area contributed by atoms with Crippen molar-refractivity contribution in [3.8, 4) is 0 Å². The van der Waals surface area contributed by atoms with Crippen LogP contribution in [0.4, 0.5) is 0 Å². The summed E-state index contributed by atoms with van der Waals surface area (Å²) in [4.78, 5) is 21.0. The fraction of sp³-hybridized carbons (Fsp3) is 0. The number of nitrogens with two attached hydrogens (primary N) is 1. The topological polar surface area (TPSA) is 80.4 Å². The summed E-state index contributed by atoms with van der Waals surface area (Å²) in [5, 5.41) is 8.51. The zero-order chi connectivity index (χ0) is 9.14. The fourth-order valence-electron chi connectivity index (χ4n) is 0.743. The molecule has 0 aliphatic carbocycles. The molecule has 4 heteroatoms. The van der Waals surface area contributed by atoms with Crippen molar-refractivity contribution in [2.45, 2.75) is 0 Å². The number of aromatic carboxylic acids is 1. The number of amides is 1. The highest BCUT2D eigenvalue weighted by Gasteiger charge is 2.05. The van der Waals surface area contributed by atoms with E-state index in [0.29, 0.717) is 0 Å². The number of rotatable bonds is 2. The highest BCUT2D eigenvalue weighted by atomic mass is 16.4. The van der Waals surface area contributed by atoms with Crippen molar-refractivity contribution in [2.75, 3.05) is 0 Å². The Balaban J connectivity index is 3.12. The van der Waals surface area contributed by atoms with Crippen LogP contribution in [0.15, 0.2) is 18.2 Å². The molecular formula is C8H6NO3. The normalized spacial score (nSPS) is 9.33. The van der Waals surface area contributed by atoms with Gasteiger partial charge in [-0.15, -0.1) is 0 Å². The van der Waals surface area contributed by atoms with E-state index in [4.69, 9.17) is 10.8 Å². The third-order valence-electron chi connectivity index (χ3n) is 1.32. The molecule has 1 aromatic rings. The minimum Gasteiger partial charge on any atom is -0.478 e. The summed E-state index contributed by atoms with van der Waals surface area (Å²) in [6.45, 7) is 0. The molecule has 0 unspecified atom stereocenters. The molecule has 0 aromatic heterocycles. The Hall–Kier alpha value is -1.84. The van der Waals surface area contributed by atoms with Crippen LogP contribution < -0.4 is 5.73 Å². The maximum absolute atomic E-state index is 10.6. The standard InChI is InChI=1S/C8H6NO3/c9-7(10)5-2-1-3-6(4-5)8(11)12/h1-2,4H,(H2,9,10)(H,11,12). The lowest BCUT2D eigenvalue weighted by Gasteiger charge is -1.95. The van der Waals surface area contributed by atoms with Gasteiger partial charge in [-0.25, -0.2) is 4.79 Å². The van der Waals surface area contributed by atoms with Crippen molar-refractivity contribution >= 4 is 11.9 Å². The molecule has 61 valence electrons. The molecule has 0 atom stereocenters. The fourth-order valence-corrected chi connectivity index (χ4v) is 0.743. The lowest BCUT2D eigenvalue weighted by Crippen LogP contribution is -2.11. The smallest absolute Gasteiger partial charge is 0.336 e. The van der Waals surface area contributed by atoms with Crippen LogP contribution in [0.2, 0.25) is 0 Å². The van der Waals surface area contributed by atoms with Gasteiger partial charge in [-0.2, -0.15) is 0 Å². The summed E-state index contributed by atoms with van der Waals surface area (Å²) in [6.07, 6.45) is 0. The van der Waals surface area contributed by atoms with E-state index in [-0.39, 0.29) is 11.1 Å². The molecular weight excluding hydrogens is 158 g/mol. The maximum atomic E-state index is 10.6. The number of hydrogen-bond donors (Lipinski definition) is 2. The van der Waals surface area contributed by atoms with E-state index < -0.39 is 11.9 Å². The van der Waals surface area contributed by atoms with E-state index in [1.54, 1.807) is 0 Å². The molecule has 0 heterocycles. The van der Waals surface area contributed by atoms with Gasteiger partial charge in [0.05, 0.1) is 5.56 Å². The van der Waals surface area contributed by atoms with Crippen LogP contribution in [-0.2, 0) is 0 Å². The van der Waals surface area contributed by atoms with E-state index in [1.165, 1.54) is 18.2 Å². The van der Waals surface area contributed by atoms with Crippen LogP contribution in [0, 0.1) is 6.07 Å². The van der Waals surface area contributed by atoms with E-state index in [2.05, 4.69) is 6.07 Å². The first-order valence-corrected chi connectivity index (χ1v) is 3.16. The molecule has 4 nitrogen and oxygen atoms in total. The van der Waals surface area contributed by atoms with Crippen LogP contribution in [0.3, 0.4) is 0 Å². The number of benzene rings is 1. The molecule has 1 amide bonds. The summed E-state index contributed by atoms with van der Waals surface area (Å²) in [5.74, 6) is -1.77. The third kappa shape index (κ3) is 1.60. The second kappa shape index (κ2) is 3.04. The van der Waals surface area contributed by atoms with Crippen LogP contribution in [-0.4, -0.2) is 17.0 Å². The molecule has 0 saturated carbocycles. The monoisotopic (exact) mass is 164 g/mol. The molecule has 1 rings (SSSR count). The number of carbonyl (C=O) groups is 2. The van der Waals surface area contributed by atoms with Crippen molar-refractivity contribution in [1.29, 1.82) is 0 Å². The Labute approximate surface area is 68.6 Å². The van der Waals surface area contributed by atoms with Gasteiger partial charge in [-0.05, 0) is 18.2 Å². The van der Waals surface area contributed by atoms with Gasteiger partial charge in [0, 0.05) is 5.56 Å². The molecule has 0 saturated heterocycles. The lowest BCUT2D eigenvalue weighted by atomic mass is 10.1. The molecule has 1 aromatic carbocycles. The van der Waals surface area contributed by atoms with Gasteiger partial charge >= 0.3 is 5.97 Å². The van der Waals surface area contributed by atoms with Crippen LogP contribution in [0.5, 0.6) is 0 Å². The van der Waals surface area contributed by atoms with Gasteiger partial charge in [-0.3, -0.25) is 4.79 Å². The largest absolute Gasteiger partial charge is 0.478 e. The van der Waals surface area contributed by atoms with E-state index in [0.717, 1.165) is 0 Å². The number of carboxylic acid groups (broad SMARTS) is 1. The van der Waals surface area contributed by atoms with Gasteiger partial charge in [0.1, 0.15) is 0 Å². The summed E-state index contributed by atoms with van der Waals surface area (Å²) < 4.78 is 0. The molecule has 12 heavy (non-hydrogen) atoms. The number of primary amides is 1. The first-order valence-electron chi connectivity index (χ1n) is 3.16. The van der Waals surface area contributed by atoms with Gasteiger partial charge in [-0.1, -0.05) is 6.07 Å². The van der Waals surface area contributed by atoms with Gasteiger partial charge in [0.25, 0.3) is 0 Å². The van der Waals surface area contributed by atoms with Crippen LogP contribution in [0.1, 0.15) is 20.7 Å². The molecule has 1 radical (unpaired) electrons. The summed E-state index contributed by atoms with van der Waals surface area (Å²) in [5.41, 5.74) is 5.05. The van der Waals surface area contributed by atoms with Crippen molar-refractivity contribution in [3.63, 3.8) is 0 Å². The predicted molar refractivity (Wildman–Crippen MR) is 40.8 cm³/mol. The SMILES string of the molecule is NC(=O)c1cc[c]c(C(=O)O)c1. The molecule has 0 spiro atoms. The van der Waals surface area contributed by atoms with Gasteiger partial charge in [0.2, 0.25) is 5.91 Å². The van der Waals surface area contributed by atoms with Crippen molar-refractivity contribution < 1.29 is 14.7 Å². The van der Waals surface area contributed by atoms with Gasteiger partial charge < -0.3 is 10.8 Å². The Morgan fingerprint density at radius 1 is 1.50 bits per heavy atom. The van der Waals surface area contributed by atoms with E-state index in [1.807, 2.05) is 0 Å². The second-order valence-electron chi connectivity index (χ2n) is 2.16. The van der Waals surface area contributed by atoms with Crippen molar-refractivity contribution in [3.05, 3.63) is 35.4 Å². The quantitative estimate of drug-likeness (QED) is 0.658. The molecule has 3 N–H and O–H groups in total. The van der Waals surface area contributed by atoms with Crippen molar-refractivity contribution in [2.24, 2.45) is 5.73 Å². The molecule has 0 bridgehead atoms. The Bertz CT molecular complexity index is 304. The first-order chi connectivity index (χ1) is 5.61. The minimum atomic E-state index is -1.13. The first kappa shape index (κ1) is 8.26. The average molecular weight is 164 g/mol.